The van der Waals surface area contributed by atoms with Crippen molar-refractivity contribution < 1.29 is 14.5 Å². The van der Waals surface area contributed by atoms with Crippen LogP contribution >= 0.6 is 23.2 Å². The van der Waals surface area contributed by atoms with Gasteiger partial charge >= 0.3 is 0 Å². The van der Waals surface area contributed by atoms with Gasteiger partial charge in [0.15, 0.2) is 0 Å². The van der Waals surface area contributed by atoms with Crippen molar-refractivity contribution in [3.63, 3.8) is 0 Å². The van der Waals surface area contributed by atoms with Gasteiger partial charge in [0, 0.05) is 5.56 Å². The van der Waals surface area contributed by atoms with Crippen LogP contribution in [0.5, 0.6) is 5.75 Å². The van der Waals surface area contributed by atoms with Crippen LogP contribution in [0.2, 0.25) is 10.0 Å². The smallest absolute Gasteiger partial charge is 0.296 e. The van der Waals surface area contributed by atoms with Crippen molar-refractivity contribution in [2.75, 3.05) is 11.9 Å². The van der Waals surface area contributed by atoms with Crippen molar-refractivity contribution in [1.82, 2.24) is 0 Å². The number of hydrogen-bond acceptors (Lipinski definition) is 4. The second-order valence-electron chi connectivity index (χ2n) is 4.45. The Morgan fingerprint density at radius 2 is 1.96 bits per heavy atom. The van der Waals surface area contributed by atoms with Gasteiger partial charge in [-0.2, -0.15) is 0 Å². The van der Waals surface area contributed by atoms with Gasteiger partial charge in [0.2, 0.25) is 0 Å². The van der Waals surface area contributed by atoms with E-state index >= 15 is 0 Å². The lowest BCUT2D eigenvalue weighted by atomic mass is 10.2. The number of ether oxygens (including phenoxy) is 1. The average molecular weight is 355 g/mol. The molecule has 0 spiro atoms. The van der Waals surface area contributed by atoms with Crippen molar-refractivity contribution in [2.45, 2.75) is 6.92 Å². The lowest BCUT2D eigenvalue weighted by molar-refractivity contribution is -0.384. The molecule has 0 aliphatic heterocycles. The first-order valence-electron chi connectivity index (χ1n) is 6.60. The number of hydrogen-bond donors (Lipinski definition) is 1. The van der Waals surface area contributed by atoms with E-state index in [1.165, 1.54) is 30.3 Å². The summed E-state index contributed by atoms with van der Waals surface area (Å²) in [6.07, 6.45) is 0. The summed E-state index contributed by atoms with van der Waals surface area (Å²) in [6, 6.07) is 8.56. The van der Waals surface area contributed by atoms with E-state index in [2.05, 4.69) is 5.32 Å². The number of anilines is 1. The number of amides is 1. The van der Waals surface area contributed by atoms with Crippen LogP contribution in [0.25, 0.3) is 0 Å². The lowest BCUT2D eigenvalue weighted by Crippen LogP contribution is -2.13. The van der Waals surface area contributed by atoms with Crippen LogP contribution in [0.15, 0.2) is 36.4 Å². The minimum atomic E-state index is -0.590. The predicted octanol–water partition coefficient (Wildman–Crippen LogP) is 4.55. The van der Waals surface area contributed by atoms with E-state index in [9.17, 15) is 14.9 Å². The molecule has 2 aromatic carbocycles. The van der Waals surface area contributed by atoms with Gasteiger partial charge in [-0.25, -0.2) is 0 Å². The number of carbonyl (C=O) groups excluding carboxylic acids is 1. The Morgan fingerprint density at radius 1 is 1.22 bits per heavy atom. The summed E-state index contributed by atoms with van der Waals surface area (Å²) in [4.78, 5) is 22.8. The molecule has 0 aliphatic rings. The van der Waals surface area contributed by atoms with Gasteiger partial charge in [-0.15, -0.1) is 0 Å². The number of halogens is 2. The van der Waals surface area contributed by atoms with E-state index in [-0.39, 0.29) is 22.0 Å². The summed E-state index contributed by atoms with van der Waals surface area (Å²) in [5.41, 5.74) is 0.0430. The Balaban J connectivity index is 2.29. The van der Waals surface area contributed by atoms with E-state index in [1.807, 2.05) is 0 Å². The largest absolute Gasteiger partial charge is 0.494 e. The maximum absolute atomic E-state index is 12.2. The van der Waals surface area contributed by atoms with Crippen molar-refractivity contribution in [1.29, 1.82) is 0 Å². The molecule has 0 heterocycles. The minimum Gasteiger partial charge on any atom is -0.494 e. The number of rotatable bonds is 5. The fourth-order valence-electron chi connectivity index (χ4n) is 1.86. The van der Waals surface area contributed by atoms with E-state index in [4.69, 9.17) is 27.9 Å². The van der Waals surface area contributed by atoms with Gasteiger partial charge in [0.1, 0.15) is 11.4 Å². The van der Waals surface area contributed by atoms with Gasteiger partial charge in [-0.3, -0.25) is 14.9 Å². The van der Waals surface area contributed by atoms with Crippen molar-refractivity contribution in [2.24, 2.45) is 0 Å². The molecule has 0 aromatic heterocycles. The molecule has 23 heavy (non-hydrogen) atoms. The third-order valence-corrected chi connectivity index (χ3v) is 3.65. The standard InChI is InChI=1S/C15H12Cl2N2O4/c1-2-23-10-4-6-13(14(8-10)19(21)22)18-15(20)9-3-5-11(16)12(17)7-9/h3-8H,2H2,1H3,(H,18,20). The number of nitro groups is 1. The van der Waals surface area contributed by atoms with Crippen LogP contribution in [-0.4, -0.2) is 17.4 Å². The Labute approximate surface area is 142 Å². The molecule has 1 N–H and O–H groups in total. The van der Waals surface area contributed by atoms with Crippen LogP contribution in [-0.2, 0) is 0 Å². The monoisotopic (exact) mass is 354 g/mol. The number of nitrogens with one attached hydrogen (secondary N) is 1. The van der Waals surface area contributed by atoms with Crippen molar-refractivity contribution >= 4 is 40.5 Å². The van der Waals surface area contributed by atoms with Gasteiger partial charge in [-0.05, 0) is 37.3 Å². The summed E-state index contributed by atoms with van der Waals surface area (Å²) >= 11 is 11.7. The maximum Gasteiger partial charge on any atom is 0.296 e. The SMILES string of the molecule is CCOc1ccc(NC(=O)c2ccc(Cl)c(Cl)c2)c([N+](=O)[O-])c1. The van der Waals surface area contributed by atoms with Crippen LogP contribution in [0.3, 0.4) is 0 Å². The van der Waals surface area contributed by atoms with Gasteiger partial charge < -0.3 is 10.1 Å². The zero-order chi connectivity index (χ0) is 17.0. The van der Waals surface area contributed by atoms with E-state index in [0.29, 0.717) is 17.4 Å². The van der Waals surface area contributed by atoms with Crippen molar-refractivity contribution in [3.8, 4) is 5.75 Å². The highest BCUT2D eigenvalue weighted by Gasteiger charge is 2.18. The molecule has 0 unspecified atom stereocenters. The highest BCUT2D eigenvalue weighted by Crippen LogP contribution is 2.30. The highest BCUT2D eigenvalue weighted by atomic mass is 35.5. The first kappa shape index (κ1) is 17.1. The molecule has 0 fully saturated rings. The summed E-state index contributed by atoms with van der Waals surface area (Å²) in [6.45, 7) is 2.15. The fraction of sp³-hybridized carbons (Fsp3) is 0.133. The Bertz CT molecular complexity index is 765. The van der Waals surface area contributed by atoms with Crippen LogP contribution in [0.4, 0.5) is 11.4 Å². The van der Waals surface area contributed by atoms with Crippen LogP contribution < -0.4 is 10.1 Å². The van der Waals surface area contributed by atoms with Gasteiger partial charge in [-0.1, -0.05) is 23.2 Å². The molecule has 8 heteroatoms. The normalized spacial score (nSPS) is 10.2. The fourth-order valence-corrected chi connectivity index (χ4v) is 2.15. The van der Waals surface area contributed by atoms with E-state index < -0.39 is 10.8 Å². The lowest BCUT2D eigenvalue weighted by Gasteiger charge is -2.09. The summed E-state index contributed by atoms with van der Waals surface area (Å²) < 4.78 is 5.22. The molecular weight excluding hydrogens is 343 g/mol. The predicted molar refractivity (Wildman–Crippen MR) is 88.7 cm³/mol. The molecule has 6 nitrogen and oxygen atoms in total. The molecule has 0 atom stereocenters. The topological polar surface area (TPSA) is 81.5 Å². The third kappa shape index (κ3) is 4.12. The number of benzene rings is 2. The number of nitro benzene ring substituents is 1. The highest BCUT2D eigenvalue weighted by molar-refractivity contribution is 6.42. The molecule has 120 valence electrons. The van der Waals surface area contributed by atoms with E-state index in [0.717, 1.165) is 0 Å². The summed E-state index contributed by atoms with van der Waals surface area (Å²) in [7, 11) is 0. The van der Waals surface area contributed by atoms with Gasteiger partial charge in [0.05, 0.1) is 27.6 Å². The first-order chi connectivity index (χ1) is 10.9. The minimum absolute atomic E-state index is 0.0644. The Kier molecular flexibility index (Phi) is 5.41. The zero-order valence-electron chi connectivity index (χ0n) is 12.0. The van der Waals surface area contributed by atoms with Gasteiger partial charge in [0.25, 0.3) is 11.6 Å². The summed E-state index contributed by atoms with van der Waals surface area (Å²) in [5.74, 6) is -0.178. The maximum atomic E-state index is 12.2. The molecule has 0 bridgehead atoms. The zero-order valence-corrected chi connectivity index (χ0v) is 13.5. The molecular formula is C15H12Cl2N2O4. The molecule has 0 aliphatic carbocycles. The Morgan fingerprint density at radius 3 is 2.57 bits per heavy atom. The molecule has 0 saturated carbocycles. The van der Waals surface area contributed by atoms with Crippen LogP contribution in [0.1, 0.15) is 17.3 Å². The number of nitrogens with zero attached hydrogens (tertiary/aromatic N) is 1. The quantitative estimate of drug-likeness (QED) is 0.630. The Hall–Kier alpha value is -2.31. The molecule has 0 saturated heterocycles. The first-order valence-corrected chi connectivity index (χ1v) is 7.35. The van der Waals surface area contributed by atoms with Crippen LogP contribution in [0, 0.1) is 10.1 Å². The number of carbonyl (C=O) groups is 1. The molecule has 2 aromatic rings. The second-order valence-corrected chi connectivity index (χ2v) is 5.27. The van der Waals surface area contributed by atoms with E-state index in [1.54, 1.807) is 13.0 Å². The molecule has 2 rings (SSSR count). The third-order valence-electron chi connectivity index (χ3n) is 2.91. The molecule has 0 radical (unpaired) electrons. The average Bonchev–Trinajstić information content (AvgIpc) is 2.51. The summed E-state index contributed by atoms with van der Waals surface area (Å²) in [5, 5.41) is 14.2. The second kappa shape index (κ2) is 7.30. The van der Waals surface area contributed by atoms with Crippen molar-refractivity contribution in [3.05, 3.63) is 62.1 Å². The molecule has 1 amide bonds.